The Kier molecular flexibility index (Phi) is 3.28. The minimum atomic E-state index is -1.03. The Bertz CT molecular complexity index is 319. The van der Waals surface area contributed by atoms with Crippen molar-refractivity contribution in [3.63, 3.8) is 0 Å². The van der Waals surface area contributed by atoms with Gasteiger partial charge in [0.05, 0.1) is 0 Å². The molecule has 0 saturated heterocycles. The first-order chi connectivity index (χ1) is 6.24. The first kappa shape index (κ1) is 9.53. The highest BCUT2D eigenvalue weighted by Crippen LogP contribution is 2.06. The number of hydrogen-bond acceptors (Lipinski definition) is 2. The third-order valence-corrected chi connectivity index (χ3v) is 1.97. The predicted octanol–water partition coefficient (Wildman–Crippen LogP) is 0.409. The topological polar surface area (TPSA) is 46.5 Å². The van der Waals surface area contributed by atoms with E-state index in [1.54, 1.807) is 0 Å². The molecule has 0 spiro atoms. The van der Waals surface area contributed by atoms with Gasteiger partial charge in [-0.25, -0.2) is 4.79 Å². The first-order valence-corrected chi connectivity index (χ1v) is 4.59. The molecule has 0 bridgehead atoms. The minimum Gasteiger partial charge on any atom is -0.548 e. The molecular formula is C9H10O3Si. The van der Waals surface area contributed by atoms with Gasteiger partial charge in [0, 0.05) is 0 Å². The van der Waals surface area contributed by atoms with Crippen LogP contribution in [0.3, 0.4) is 0 Å². The van der Waals surface area contributed by atoms with E-state index < -0.39 is 5.97 Å². The van der Waals surface area contributed by atoms with E-state index in [1.165, 1.54) is 6.08 Å². The molecular weight excluding hydrogens is 184 g/mol. The van der Waals surface area contributed by atoms with Crippen molar-refractivity contribution < 1.29 is 14.3 Å². The molecule has 0 aromatic heterocycles. The van der Waals surface area contributed by atoms with E-state index in [0.29, 0.717) is 10.5 Å². The summed E-state index contributed by atoms with van der Waals surface area (Å²) in [5.41, 5.74) is 0.829. The van der Waals surface area contributed by atoms with E-state index in [-0.39, 0.29) is 5.76 Å². The van der Waals surface area contributed by atoms with Crippen LogP contribution in [-0.4, -0.2) is 21.6 Å². The highest BCUT2D eigenvalue weighted by Gasteiger charge is 2.04. The molecule has 13 heavy (non-hydrogen) atoms. The number of carboxylic acid groups (broad SMARTS) is 1. The van der Waals surface area contributed by atoms with E-state index in [1.807, 2.05) is 30.3 Å². The summed E-state index contributed by atoms with van der Waals surface area (Å²) in [7, 11) is 0.382. The number of rotatable bonds is 3. The zero-order valence-corrected chi connectivity index (χ0v) is 9.23. The van der Waals surface area contributed by atoms with Gasteiger partial charge in [0.25, 0.3) is 0 Å². The standard InChI is InChI=1S/C9H10O3Si/c10-9(11)8(12-13)6-7-4-2-1-3-5-7/h1-6H,13H3,(H,10,11). The number of carboxylic acids is 1. The molecule has 0 fully saturated rings. The molecule has 0 unspecified atom stereocenters. The van der Waals surface area contributed by atoms with Crippen molar-refractivity contribution in [2.75, 3.05) is 0 Å². The molecule has 4 heteroatoms. The monoisotopic (exact) mass is 194 g/mol. The van der Waals surface area contributed by atoms with Crippen molar-refractivity contribution in [1.29, 1.82) is 0 Å². The van der Waals surface area contributed by atoms with Crippen molar-refractivity contribution in [1.82, 2.24) is 0 Å². The molecule has 0 atom stereocenters. The summed E-state index contributed by atoms with van der Waals surface area (Å²) < 4.78 is 4.82. The van der Waals surface area contributed by atoms with Crippen LogP contribution in [0.1, 0.15) is 5.56 Å². The zero-order valence-electron chi connectivity index (χ0n) is 7.23. The lowest BCUT2D eigenvalue weighted by Gasteiger charge is -2.00. The summed E-state index contributed by atoms with van der Waals surface area (Å²) in [4.78, 5) is 10.6. The molecule has 0 aliphatic heterocycles. The average Bonchev–Trinajstić information content (AvgIpc) is 2.15. The Morgan fingerprint density at radius 1 is 1.38 bits per heavy atom. The van der Waals surface area contributed by atoms with Crippen LogP contribution in [-0.2, 0) is 9.22 Å². The highest BCUT2D eigenvalue weighted by atomic mass is 28.2. The lowest BCUT2D eigenvalue weighted by Crippen LogP contribution is -2.02. The van der Waals surface area contributed by atoms with Crippen LogP contribution in [0.2, 0.25) is 0 Å². The Morgan fingerprint density at radius 3 is 2.46 bits per heavy atom. The van der Waals surface area contributed by atoms with Crippen molar-refractivity contribution in [2.45, 2.75) is 0 Å². The smallest absolute Gasteiger partial charge is 0.369 e. The molecule has 1 N–H and O–H groups in total. The van der Waals surface area contributed by atoms with Gasteiger partial charge in [-0.1, -0.05) is 30.3 Å². The van der Waals surface area contributed by atoms with Crippen molar-refractivity contribution >= 4 is 22.5 Å². The molecule has 1 rings (SSSR count). The number of carbonyl (C=O) groups is 1. The van der Waals surface area contributed by atoms with E-state index in [9.17, 15) is 4.79 Å². The van der Waals surface area contributed by atoms with Crippen LogP contribution in [0.25, 0.3) is 6.08 Å². The average molecular weight is 194 g/mol. The molecule has 0 amide bonds. The highest BCUT2D eigenvalue weighted by molar-refractivity contribution is 6.03. The van der Waals surface area contributed by atoms with Crippen molar-refractivity contribution in [2.24, 2.45) is 0 Å². The molecule has 0 aliphatic rings. The summed E-state index contributed by atoms with van der Waals surface area (Å²) in [6.45, 7) is 0. The third kappa shape index (κ3) is 2.76. The summed E-state index contributed by atoms with van der Waals surface area (Å²) >= 11 is 0. The fraction of sp³-hybridized carbons (Fsp3) is 0. The first-order valence-electron chi connectivity index (χ1n) is 3.78. The molecule has 0 aliphatic carbocycles. The number of benzene rings is 1. The molecule has 3 nitrogen and oxygen atoms in total. The van der Waals surface area contributed by atoms with Crippen LogP contribution < -0.4 is 0 Å². The van der Waals surface area contributed by atoms with Gasteiger partial charge < -0.3 is 9.53 Å². The Labute approximate surface area is 79.2 Å². The molecule has 68 valence electrons. The Balaban J connectivity index is 2.92. The zero-order chi connectivity index (χ0) is 9.68. The lowest BCUT2D eigenvalue weighted by atomic mass is 10.2. The van der Waals surface area contributed by atoms with Crippen LogP contribution in [0, 0.1) is 0 Å². The maximum atomic E-state index is 10.6. The van der Waals surface area contributed by atoms with Gasteiger partial charge in [-0.3, -0.25) is 0 Å². The summed E-state index contributed by atoms with van der Waals surface area (Å²) in [6, 6.07) is 9.21. The molecule has 1 aromatic carbocycles. The van der Waals surface area contributed by atoms with Crippen molar-refractivity contribution in [3.8, 4) is 0 Å². The van der Waals surface area contributed by atoms with E-state index in [2.05, 4.69) is 0 Å². The van der Waals surface area contributed by atoms with Gasteiger partial charge in [-0.15, -0.1) is 0 Å². The van der Waals surface area contributed by atoms with E-state index >= 15 is 0 Å². The molecule has 0 saturated carbocycles. The second-order valence-electron chi connectivity index (χ2n) is 2.43. The van der Waals surface area contributed by atoms with Crippen LogP contribution in [0.15, 0.2) is 36.1 Å². The minimum absolute atomic E-state index is 0.00198. The SMILES string of the molecule is O=C(O)C(=Cc1ccccc1)O[SiH3]. The third-order valence-electron chi connectivity index (χ3n) is 1.53. The lowest BCUT2D eigenvalue weighted by molar-refractivity contribution is -0.134. The van der Waals surface area contributed by atoms with Gasteiger partial charge in [0.1, 0.15) is 0 Å². The van der Waals surface area contributed by atoms with E-state index in [4.69, 9.17) is 9.53 Å². The Hall–Kier alpha value is -1.55. The fourth-order valence-corrected chi connectivity index (χ4v) is 1.20. The van der Waals surface area contributed by atoms with Crippen molar-refractivity contribution in [3.05, 3.63) is 41.7 Å². The van der Waals surface area contributed by atoms with Gasteiger partial charge in [-0.2, -0.15) is 0 Å². The van der Waals surface area contributed by atoms with Crippen LogP contribution in [0.4, 0.5) is 0 Å². The summed E-state index contributed by atoms with van der Waals surface area (Å²) in [5.74, 6) is -1.03. The maximum absolute atomic E-state index is 10.6. The summed E-state index contributed by atoms with van der Waals surface area (Å²) in [5, 5.41) is 8.66. The number of aliphatic carboxylic acids is 1. The molecule has 0 heterocycles. The number of hydrogen-bond donors (Lipinski definition) is 1. The second-order valence-corrected chi connectivity index (χ2v) is 2.84. The fourth-order valence-electron chi connectivity index (χ4n) is 0.909. The largest absolute Gasteiger partial charge is 0.548 e. The second kappa shape index (κ2) is 4.47. The Morgan fingerprint density at radius 2 is 2.00 bits per heavy atom. The quantitative estimate of drug-likeness (QED) is 0.430. The molecule has 1 aromatic rings. The van der Waals surface area contributed by atoms with Gasteiger partial charge >= 0.3 is 5.97 Å². The van der Waals surface area contributed by atoms with E-state index in [0.717, 1.165) is 5.56 Å². The van der Waals surface area contributed by atoms with Gasteiger partial charge in [-0.05, 0) is 11.6 Å². The normalized spacial score (nSPS) is 11.2. The summed E-state index contributed by atoms with van der Waals surface area (Å²) in [6.07, 6.45) is 1.51. The van der Waals surface area contributed by atoms with Gasteiger partial charge in [0.2, 0.25) is 10.5 Å². The molecule has 0 radical (unpaired) electrons. The predicted molar refractivity (Wildman–Crippen MR) is 53.1 cm³/mol. The maximum Gasteiger partial charge on any atom is 0.369 e. The van der Waals surface area contributed by atoms with Gasteiger partial charge in [0.15, 0.2) is 5.76 Å². The van der Waals surface area contributed by atoms with Crippen LogP contribution >= 0.6 is 0 Å². The van der Waals surface area contributed by atoms with Crippen LogP contribution in [0.5, 0.6) is 0 Å².